The van der Waals surface area contributed by atoms with Gasteiger partial charge in [-0.05, 0) is 17.7 Å². The number of hydrogen-bond acceptors (Lipinski definition) is 10. The van der Waals surface area contributed by atoms with Crippen molar-refractivity contribution < 1.29 is 38.6 Å². The Bertz CT molecular complexity index is 1200. The molecule has 33 heavy (non-hydrogen) atoms. The van der Waals surface area contributed by atoms with Crippen LogP contribution in [0, 0.1) is 10.1 Å². The minimum atomic E-state index is -1.72. The molecule has 1 aromatic heterocycles. The van der Waals surface area contributed by atoms with E-state index in [0.717, 1.165) is 16.8 Å². The molecule has 13 nitrogen and oxygen atoms in total. The van der Waals surface area contributed by atoms with Crippen molar-refractivity contribution in [2.45, 2.75) is 6.54 Å². The van der Waals surface area contributed by atoms with Crippen LogP contribution in [0.25, 0.3) is 0 Å². The Morgan fingerprint density at radius 2 is 1.70 bits per heavy atom. The Balaban J connectivity index is 2.07. The molecule has 172 valence electrons. The van der Waals surface area contributed by atoms with Crippen LogP contribution in [0.15, 0.2) is 36.4 Å². The van der Waals surface area contributed by atoms with Gasteiger partial charge in [0.15, 0.2) is 17.2 Å². The number of carbonyl (C=O) groups is 2. The van der Waals surface area contributed by atoms with Crippen LogP contribution in [0.2, 0.25) is 0 Å². The van der Waals surface area contributed by atoms with Crippen molar-refractivity contribution in [3.8, 4) is 23.1 Å². The van der Waals surface area contributed by atoms with Gasteiger partial charge in [-0.1, -0.05) is 17.3 Å². The summed E-state index contributed by atoms with van der Waals surface area (Å²) in [6.07, 6.45) is -1.72. The van der Waals surface area contributed by atoms with Crippen LogP contribution in [0.5, 0.6) is 23.1 Å². The van der Waals surface area contributed by atoms with Gasteiger partial charge in [0.1, 0.15) is 11.3 Å². The van der Waals surface area contributed by atoms with Crippen molar-refractivity contribution >= 4 is 17.6 Å². The summed E-state index contributed by atoms with van der Waals surface area (Å²) in [7, 11) is 4.09. The van der Waals surface area contributed by atoms with Crippen molar-refractivity contribution in [1.82, 2.24) is 15.0 Å². The summed E-state index contributed by atoms with van der Waals surface area (Å²) in [5, 5.41) is 28.3. The number of benzene rings is 2. The molecule has 1 heterocycles. The predicted octanol–water partition coefficient (Wildman–Crippen LogP) is 2.55. The molecule has 0 spiro atoms. The summed E-state index contributed by atoms with van der Waals surface area (Å²) in [4.78, 5) is 35.2. The van der Waals surface area contributed by atoms with Gasteiger partial charge < -0.3 is 24.1 Å². The molecule has 0 unspecified atom stereocenters. The van der Waals surface area contributed by atoms with Crippen LogP contribution >= 0.6 is 0 Å². The standard InChI is InChI=1S/C20H18N4O9/c1-30-12-6-4-11(5-7-12)10-23-19(33-20(26)27)17(21-22-23)18(25)13-8-15(31-2)16(32-3)9-14(13)24(28)29/h4-9H,10H2,1-3H3,(H,26,27). The Kier molecular flexibility index (Phi) is 6.71. The minimum Gasteiger partial charge on any atom is -0.497 e. The zero-order chi connectivity index (χ0) is 24.1. The largest absolute Gasteiger partial charge is 0.512 e. The summed E-state index contributed by atoms with van der Waals surface area (Å²) in [6, 6.07) is 8.89. The van der Waals surface area contributed by atoms with E-state index in [2.05, 4.69) is 10.3 Å². The number of ether oxygens (including phenoxy) is 4. The molecule has 0 fully saturated rings. The smallest absolute Gasteiger partial charge is 0.497 e. The topological polar surface area (TPSA) is 165 Å². The van der Waals surface area contributed by atoms with E-state index in [1.54, 1.807) is 24.3 Å². The highest BCUT2D eigenvalue weighted by molar-refractivity contribution is 6.12. The molecule has 3 aromatic rings. The molecule has 13 heteroatoms. The van der Waals surface area contributed by atoms with Crippen molar-refractivity contribution in [3.05, 3.63) is 63.3 Å². The summed E-state index contributed by atoms with van der Waals surface area (Å²) in [5.41, 5.74) is -0.860. The second-order valence-corrected chi connectivity index (χ2v) is 6.43. The number of rotatable bonds is 9. The highest BCUT2D eigenvalue weighted by Gasteiger charge is 2.31. The number of nitro groups is 1. The third-order valence-corrected chi connectivity index (χ3v) is 4.52. The average molecular weight is 458 g/mol. The fraction of sp³-hybridized carbons (Fsp3) is 0.200. The maximum Gasteiger partial charge on any atom is 0.512 e. The number of ketones is 1. The van der Waals surface area contributed by atoms with E-state index in [0.29, 0.717) is 11.3 Å². The van der Waals surface area contributed by atoms with Gasteiger partial charge in [-0.25, -0.2) is 9.48 Å². The van der Waals surface area contributed by atoms with Gasteiger partial charge in [0.2, 0.25) is 5.78 Å². The first-order chi connectivity index (χ1) is 15.8. The number of carboxylic acid groups (broad SMARTS) is 1. The Labute approximate surface area is 186 Å². The molecule has 0 radical (unpaired) electrons. The van der Waals surface area contributed by atoms with Crippen LogP contribution in [-0.2, 0) is 6.54 Å². The molecule has 2 aromatic carbocycles. The summed E-state index contributed by atoms with van der Waals surface area (Å²) < 4.78 is 21.1. The molecule has 0 aliphatic heterocycles. The van der Waals surface area contributed by atoms with Gasteiger partial charge in [-0.15, -0.1) is 5.10 Å². The molecule has 0 saturated carbocycles. The van der Waals surface area contributed by atoms with Crippen molar-refractivity contribution in [2.75, 3.05) is 21.3 Å². The second-order valence-electron chi connectivity index (χ2n) is 6.43. The Hall–Kier alpha value is -4.68. The summed E-state index contributed by atoms with van der Waals surface area (Å²) >= 11 is 0. The highest BCUT2D eigenvalue weighted by atomic mass is 16.7. The average Bonchev–Trinajstić information content (AvgIpc) is 3.19. The molecule has 0 aliphatic carbocycles. The number of carbonyl (C=O) groups excluding carboxylic acids is 1. The lowest BCUT2D eigenvalue weighted by molar-refractivity contribution is -0.385. The lowest BCUT2D eigenvalue weighted by Gasteiger charge is -2.10. The third kappa shape index (κ3) is 4.81. The molecule has 0 saturated heterocycles. The normalized spacial score (nSPS) is 10.4. The van der Waals surface area contributed by atoms with E-state index in [-0.39, 0.29) is 18.0 Å². The fourth-order valence-electron chi connectivity index (χ4n) is 2.97. The van der Waals surface area contributed by atoms with E-state index in [9.17, 15) is 19.7 Å². The first-order valence-electron chi connectivity index (χ1n) is 9.21. The van der Waals surface area contributed by atoms with E-state index < -0.39 is 39.7 Å². The van der Waals surface area contributed by atoms with Crippen molar-refractivity contribution in [1.29, 1.82) is 0 Å². The number of hydrogen-bond donors (Lipinski definition) is 1. The van der Waals surface area contributed by atoms with Gasteiger partial charge in [0, 0.05) is 6.07 Å². The van der Waals surface area contributed by atoms with Crippen LogP contribution in [0.1, 0.15) is 21.6 Å². The van der Waals surface area contributed by atoms with Gasteiger partial charge in [-0.2, -0.15) is 0 Å². The van der Waals surface area contributed by atoms with Gasteiger partial charge in [0.25, 0.3) is 11.6 Å². The maximum absolute atomic E-state index is 13.2. The van der Waals surface area contributed by atoms with Crippen LogP contribution in [0.3, 0.4) is 0 Å². The maximum atomic E-state index is 13.2. The quantitative estimate of drug-likeness (QED) is 0.217. The fourth-order valence-corrected chi connectivity index (χ4v) is 2.97. The van der Waals surface area contributed by atoms with E-state index in [1.165, 1.54) is 21.3 Å². The Morgan fingerprint density at radius 3 is 2.24 bits per heavy atom. The van der Waals surface area contributed by atoms with Gasteiger partial charge in [0.05, 0.1) is 38.9 Å². The molecule has 3 rings (SSSR count). The molecule has 0 amide bonds. The third-order valence-electron chi connectivity index (χ3n) is 4.52. The molecule has 0 bridgehead atoms. The molecule has 1 N–H and O–H groups in total. The van der Waals surface area contributed by atoms with Crippen molar-refractivity contribution in [3.63, 3.8) is 0 Å². The zero-order valence-corrected chi connectivity index (χ0v) is 17.7. The van der Waals surface area contributed by atoms with Crippen molar-refractivity contribution in [2.24, 2.45) is 0 Å². The number of methoxy groups -OCH3 is 3. The molecule has 0 aliphatic rings. The van der Waals surface area contributed by atoms with Gasteiger partial charge in [-0.3, -0.25) is 14.9 Å². The first-order valence-corrected chi connectivity index (χ1v) is 9.21. The second kappa shape index (κ2) is 9.64. The molecular weight excluding hydrogens is 440 g/mol. The number of aromatic nitrogens is 3. The van der Waals surface area contributed by atoms with Crippen LogP contribution in [0.4, 0.5) is 10.5 Å². The predicted molar refractivity (Wildman–Crippen MR) is 110 cm³/mol. The molecular formula is C20H18N4O9. The molecule has 0 atom stereocenters. The monoisotopic (exact) mass is 458 g/mol. The highest BCUT2D eigenvalue weighted by Crippen LogP contribution is 2.36. The lowest BCUT2D eigenvalue weighted by atomic mass is 10.0. The number of nitro benzene ring substituents is 1. The van der Waals surface area contributed by atoms with E-state index in [1.807, 2.05) is 0 Å². The number of nitrogens with zero attached hydrogens (tertiary/aromatic N) is 4. The summed E-state index contributed by atoms with van der Waals surface area (Å²) in [5.74, 6) is -0.785. The van der Waals surface area contributed by atoms with Crippen LogP contribution in [-0.4, -0.2) is 58.3 Å². The van der Waals surface area contributed by atoms with E-state index >= 15 is 0 Å². The SMILES string of the molecule is COc1ccc(Cn2nnc(C(=O)c3cc(OC)c(OC)cc3[N+](=O)[O-])c2OC(=O)O)cc1. The van der Waals surface area contributed by atoms with Crippen LogP contribution < -0.4 is 18.9 Å². The lowest BCUT2D eigenvalue weighted by Crippen LogP contribution is -2.14. The summed E-state index contributed by atoms with van der Waals surface area (Å²) in [6.45, 7) is 0.000907. The minimum absolute atomic E-state index is 0.000907. The van der Waals surface area contributed by atoms with Gasteiger partial charge >= 0.3 is 6.16 Å². The van der Waals surface area contributed by atoms with E-state index in [4.69, 9.17) is 24.1 Å². The first kappa shape index (κ1) is 23.0. The Morgan fingerprint density at radius 1 is 1.06 bits per heavy atom. The zero-order valence-electron chi connectivity index (χ0n) is 17.7.